The number of phenolic OH excluding ortho intramolecular Hbond substituents is 1. The quantitative estimate of drug-likeness (QED) is 0.614. The maximum absolute atomic E-state index is 12.0. The van der Waals surface area contributed by atoms with E-state index in [0.29, 0.717) is 13.0 Å². The monoisotopic (exact) mass is 318 g/mol. The average Bonchev–Trinajstić information content (AvgIpc) is 2.54. The molecule has 0 saturated heterocycles. The largest absolute Gasteiger partial charge is 0.505 e. The summed E-state index contributed by atoms with van der Waals surface area (Å²) in [4.78, 5) is 36.5. The highest BCUT2D eigenvalue weighted by molar-refractivity contribution is 5.98. The molecule has 7 heteroatoms. The van der Waals surface area contributed by atoms with Crippen LogP contribution in [0.4, 0.5) is 11.4 Å². The van der Waals surface area contributed by atoms with Gasteiger partial charge in [-0.2, -0.15) is 0 Å². The molecule has 1 amide bonds. The number of rotatable bonds is 6. The second-order valence-electron chi connectivity index (χ2n) is 5.24. The second-order valence-corrected chi connectivity index (χ2v) is 5.24. The summed E-state index contributed by atoms with van der Waals surface area (Å²) >= 11 is 0. The zero-order valence-electron chi connectivity index (χ0n) is 13.2. The molecule has 7 nitrogen and oxygen atoms in total. The van der Waals surface area contributed by atoms with Crippen LogP contribution >= 0.6 is 0 Å². The Bertz CT molecular complexity index is 803. The van der Waals surface area contributed by atoms with Crippen LogP contribution in [0.3, 0.4) is 0 Å². The molecule has 2 aromatic carbocycles. The van der Waals surface area contributed by atoms with Crippen LogP contribution in [0.1, 0.15) is 23.7 Å². The lowest BCUT2D eigenvalue weighted by Crippen LogP contribution is -2.35. The molecular formula is C16H18N2O5. The van der Waals surface area contributed by atoms with Gasteiger partial charge in [0.15, 0.2) is 11.5 Å². The molecule has 0 radical (unpaired) electrons. The molecule has 0 heterocycles. The minimum Gasteiger partial charge on any atom is -0.505 e. The van der Waals surface area contributed by atoms with Crippen LogP contribution in [-0.2, 0) is 0 Å². The molecular weight excluding hydrogens is 300 g/mol. The van der Waals surface area contributed by atoms with Crippen LogP contribution in [0, 0.1) is 0 Å². The average molecular weight is 318 g/mol. The Morgan fingerprint density at radius 2 is 1.96 bits per heavy atom. The number of phenols is 1. The fraction of sp³-hybridized carbons (Fsp3) is 0.312. The standard InChI is InChI=1S/C16H18N2O5/c1-4-8-23-15-11(13(20)14(15)21)17-10-7-5-6-9(12(10)19)16(22)18(2)3/h5-7,17,19H,4,8H2,1-3H3. The van der Waals surface area contributed by atoms with Crippen LogP contribution in [0.5, 0.6) is 11.5 Å². The summed E-state index contributed by atoms with van der Waals surface area (Å²) in [5.74, 6) is -0.708. The molecule has 0 aliphatic rings. The summed E-state index contributed by atoms with van der Waals surface area (Å²) in [5, 5.41) is 12.9. The first kappa shape index (κ1) is 16.5. The van der Waals surface area contributed by atoms with Gasteiger partial charge < -0.3 is 20.1 Å². The predicted molar refractivity (Wildman–Crippen MR) is 86.5 cm³/mol. The first-order valence-corrected chi connectivity index (χ1v) is 7.15. The summed E-state index contributed by atoms with van der Waals surface area (Å²) in [6, 6.07) is 4.54. The van der Waals surface area contributed by atoms with E-state index in [4.69, 9.17) is 4.74 Å². The van der Waals surface area contributed by atoms with Crippen LogP contribution in [0.2, 0.25) is 0 Å². The first-order valence-electron chi connectivity index (χ1n) is 7.15. The molecule has 0 spiro atoms. The molecule has 2 rings (SSSR count). The van der Waals surface area contributed by atoms with E-state index < -0.39 is 10.9 Å². The summed E-state index contributed by atoms with van der Waals surface area (Å²) in [7, 11) is 3.13. The number of amides is 1. The maximum atomic E-state index is 12.0. The number of anilines is 2. The smallest absolute Gasteiger partial charge is 0.272 e. The lowest BCUT2D eigenvalue weighted by Gasteiger charge is -2.17. The van der Waals surface area contributed by atoms with Crippen LogP contribution in [0.15, 0.2) is 27.8 Å². The van der Waals surface area contributed by atoms with Gasteiger partial charge >= 0.3 is 0 Å². The van der Waals surface area contributed by atoms with Gasteiger partial charge in [-0.1, -0.05) is 13.0 Å². The normalized spacial score (nSPS) is 10.6. The zero-order valence-corrected chi connectivity index (χ0v) is 13.2. The summed E-state index contributed by atoms with van der Waals surface area (Å²) in [6.07, 6.45) is 0.691. The SMILES string of the molecule is CCCOc1c(Nc2cccc(C(=O)N(C)C)c2O)c(=O)c1=O. The van der Waals surface area contributed by atoms with E-state index in [1.165, 1.54) is 17.0 Å². The Hall–Kier alpha value is -2.83. The van der Waals surface area contributed by atoms with E-state index in [0.717, 1.165) is 0 Å². The van der Waals surface area contributed by atoms with Crippen molar-refractivity contribution in [3.63, 3.8) is 0 Å². The van der Waals surface area contributed by atoms with E-state index in [9.17, 15) is 19.5 Å². The van der Waals surface area contributed by atoms with Gasteiger partial charge in [-0.15, -0.1) is 0 Å². The summed E-state index contributed by atoms with van der Waals surface area (Å²) < 4.78 is 5.24. The van der Waals surface area contributed by atoms with Crippen molar-refractivity contribution in [2.24, 2.45) is 0 Å². The molecule has 0 atom stereocenters. The highest BCUT2D eigenvalue weighted by Gasteiger charge is 2.24. The molecule has 0 aliphatic heterocycles. The van der Waals surface area contributed by atoms with E-state index >= 15 is 0 Å². The lowest BCUT2D eigenvalue weighted by molar-refractivity contribution is 0.0825. The Balaban J connectivity index is 2.34. The molecule has 0 unspecified atom stereocenters. The lowest BCUT2D eigenvalue weighted by atomic mass is 10.1. The van der Waals surface area contributed by atoms with E-state index in [2.05, 4.69) is 5.32 Å². The Morgan fingerprint density at radius 3 is 2.57 bits per heavy atom. The molecule has 0 saturated carbocycles. The number of hydrogen-bond acceptors (Lipinski definition) is 6. The van der Waals surface area contributed by atoms with Gasteiger partial charge in [-0.25, -0.2) is 0 Å². The number of carbonyl (C=O) groups excluding carboxylic acids is 1. The van der Waals surface area contributed by atoms with Crippen LogP contribution in [-0.4, -0.2) is 36.6 Å². The number of ether oxygens (including phenoxy) is 1. The van der Waals surface area contributed by atoms with E-state index in [-0.39, 0.29) is 34.3 Å². The van der Waals surface area contributed by atoms with Crippen LogP contribution in [0.25, 0.3) is 0 Å². The predicted octanol–water partition coefficient (Wildman–Crippen LogP) is 1.22. The minimum absolute atomic E-state index is 0.00629. The van der Waals surface area contributed by atoms with Crippen molar-refractivity contribution in [3.05, 3.63) is 44.2 Å². The fourth-order valence-corrected chi connectivity index (χ4v) is 2.02. The molecule has 0 bridgehead atoms. The third-order valence-corrected chi connectivity index (χ3v) is 3.25. The first-order chi connectivity index (χ1) is 10.9. The van der Waals surface area contributed by atoms with Crippen molar-refractivity contribution in [3.8, 4) is 11.5 Å². The van der Waals surface area contributed by atoms with Crippen molar-refractivity contribution < 1.29 is 14.6 Å². The van der Waals surface area contributed by atoms with Gasteiger partial charge in [-0.3, -0.25) is 14.4 Å². The topological polar surface area (TPSA) is 95.9 Å². The highest BCUT2D eigenvalue weighted by Crippen LogP contribution is 2.32. The zero-order chi connectivity index (χ0) is 17.1. The molecule has 23 heavy (non-hydrogen) atoms. The Labute approximate surface area is 132 Å². The number of para-hydroxylation sites is 1. The third kappa shape index (κ3) is 3.03. The number of carbonyl (C=O) groups is 1. The summed E-state index contributed by atoms with van der Waals surface area (Å²) in [6.45, 7) is 2.19. The van der Waals surface area contributed by atoms with Gasteiger partial charge in [0.1, 0.15) is 5.69 Å². The van der Waals surface area contributed by atoms with E-state index in [1.807, 2.05) is 6.92 Å². The molecule has 2 N–H and O–H groups in total. The fourth-order valence-electron chi connectivity index (χ4n) is 2.02. The van der Waals surface area contributed by atoms with Gasteiger partial charge in [0, 0.05) is 14.1 Å². The maximum Gasteiger partial charge on any atom is 0.272 e. The Morgan fingerprint density at radius 1 is 1.26 bits per heavy atom. The summed E-state index contributed by atoms with van der Waals surface area (Å²) in [5.41, 5.74) is -1.16. The van der Waals surface area contributed by atoms with Gasteiger partial charge in [0.25, 0.3) is 16.8 Å². The molecule has 0 aliphatic carbocycles. The minimum atomic E-state index is -0.708. The van der Waals surface area contributed by atoms with Crippen molar-refractivity contribution in [1.82, 2.24) is 4.90 Å². The van der Waals surface area contributed by atoms with Crippen LogP contribution < -0.4 is 20.9 Å². The molecule has 0 fully saturated rings. The number of benzene rings is 1. The highest BCUT2D eigenvalue weighted by atomic mass is 16.5. The van der Waals surface area contributed by atoms with Gasteiger partial charge in [0.2, 0.25) is 0 Å². The van der Waals surface area contributed by atoms with Gasteiger partial charge in [-0.05, 0) is 18.6 Å². The number of hydrogen-bond donors (Lipinski definition) is 2. The van der Waals surface area contributed by atoms with E-state index in [1.54, 1.807) is 20.2 Å². The van der Waals surface area contributed by atoms with Crippen molar-refractivity contribution in [1.29, 1.82) is 0 Å². The molecule has 0 aromatic heterocycles. The second kappa shape index (κ2) is 6.51. The molecule has 2 aromatic rings. The van der Waals surface area contributed by atoms with Crippen molar-refractivity contribution >= 4 is 17.3 Å². The molecule has 122 valence electrons. The van der Waals surface area contributed by atoms with Gasteiger partial charge in [0.05, 0.1) is 17.9 Å². The third-order valence-electron chi connectivity index (χ3n) is 3.25. The number of aromatic hydroxyl groups is 1. The number of nitrogens with one attached hydrogen (secondary N) is 1. The van der Waals surface area contributed by atoms with Crippen molar-refractivity contribution in [2.75, 3.05) is 26.0 Å². The number of nitrogens with zero attached hydrogens (tertiary/aromatic N) is 1. The Kier molecular flexibility index (Phi) is 4.68. The van der Waals surface area contributed by atoms with Crippen molar-refractivity contribution in [2.45, 2.75) is 13.3 Å².